The summed E-state index contributed by atoms with van der Waals surface area (Å²) in [6.07, 6.45) is 2.91. The lowest BCUT2D eigenvalue weighted by Gasteiger charge is -2.36. The van der Waals surface area contributed by atoms with Crippen molar-refractivity contribution in [1.82, 2.24) is 10.2 Å². The average Bonchev–Trinajstić information content (AvgIpc) is 2.37. The van der Waals surface area contributed by atoms with Crippen LogP contribution < -0.4 is 5.32 Å². The molecule has 0 aromatic heterocycles. The van der Waals surface area contributed by atoms with Crippen LogP contribution in [0.5, 0.6) is 0 Å². The summed E-state index contributed by atoms with van der Waals surface area (Å²) in [6.45, 7) is 10.2. The maximum absolute atomic E-state index is 12.2. The Morgan fingerprint density at radius 2 is 2.00 bits per heavy atom. The maximum Gasteiger partial charge on any atom is 0.237 e. The van der Waals surface area contributed by atoms with E-state index in [2.05, 4.69) is 31.0 Å². The number of piperidine rings is 1. The fraction of sp³-hybridized carbons (Fsp3) is 0.929. The Hall–Kier alpha value is -0.610. The van der Waals surface area contributed by atoms with E-state index in [0.29, 0.717) is 5.92 Å². The molecule has 4 heteroatoms. The number of nitrogens with zero attached hydrogens (tertiary/aromatic N) is 1. The van der Waals surface area contributed by atoms with Gasteiger partial charge in [-0.1, -0.05) is 6.92 Å². The Morgan fingerprint density at radius 1 is 1.44 bits per heavy atom. The van der Waals surface area contributed by atoms with E-state index in [0.717, 1.165) is 32.4 Å². The zero-order chi connectivity index (χ0) is 13.8. The maximum atomic E-state index is 12.2. The van der Waals surface area contributed by atoms with Gasteiger partial charge in [0.05, 0.1) is 6.04 Å². The van der Waals surface area contributed by atoms with Crippen molar-refractivity contribution in [2.24, 2.45) is 5.92 Å². The first-order chi connectivity index (χ1) is 8.39. The normalized spacial score (nSPS) is 20.7. The van der Waals surface area contributed by atoms with E-state index >= 15 is 0 Å². The van der Waals surface area contributed by atoms with Gasteiger partial charge in [0.25, 0.3) is 0 Å². The lowest BCUT2D eigenvalue weighted by Crippen LogP contribution is -2.53. The second kappa shape index (κ2) is 6.53. The summed E-state index contributed by atoms with van der Waals surface area (Å²) in [5.74, 6) is 0.535. The molecule has 0 radical (unpaired) electrons. The van der Waals surface area contributed by atoms with Crippen molar-refractivity contribution in [1.29, 1.82) is 0 Å². The van der Waals surface area contributed by atoms with Gasteiger partial charge >= 0.3 is 0 Å². The van der Waals surface area contributed by atoms with Crippen LogP contribution in [-0.2, 0) is 4.79 Å². The smallest absolute Gasteiger partial charge is 0.237 e. The molecular formula is C14H28N2O2. The highest BCUT2D eigenvalue weighted by molar-refractivity contribution is 5.82. The largest absolute Gasteiger partial charge is 0.396 e. The third-order valence-electron chi connectivity index (χ3n) is 4.18. The van der Waals surface area contributed by atoms with Gasteiger partial charge in [-0.2, -0.15) is 0 Å². The number of hydrogen-bond acceptors (Lipinski definition) is 3. The van der Waals surface area contributed by atoms with Crippen molar-refractivity contribution in [3.8, 4) is 0 Å². The van der Waals surface area contributed by atoms with Crippen molar-refractivity contribution < 1.29 is 9.90 Å². The zero-order valence-electron chi connectivity index (χ0n) is 12.2. The van der Waals surface area contributed by atoms with Crippen LogP contribution in [0, 0.1) is 5.92 Å². The Balaban J connectivity index is 2.45. The summed E-state index contributed by atoms with van der Waals surface area (Å²) in [5.41, 5.74) is -0.130. The number of aliphatic hydroxyl groups is 1. The zero-order valence-corrected chi connectivity index (χ0v) is 12.2. The van der Waals surface area contributed by atoms with Crippen LogP contribution in [0.25, 0.3) is 0 Å². The van der Waals surface area contributed by atoms with Crippen molar-refractivity contribution in [3.63, 3.8) is 0 Å². The van der Waals surface area contributed by atoms with Crippen molar-refractivity contribution in [2.45, 2.75) is 58.5 Å². The molecule has 0 aromatic carbocycles. The molecule has 1 atom stereocenters. The average molecular weight is 256 g/mol. The number of aliphatic hydroxyl groups excluding tert-OH is 1. The summed E-state index contributed by atoms with van der Waals surface area (Å²) in [6, 6.07) is -0.0736. The monoisotopic (exact) mass is 256 g/mol. The minimum atomic E-state index is -0.130. The van der Waals surface area contributed by atoms with Crippen LogP contribution in [0.4, 0.5) is 0 Å². The highest BCUT2D eigenvalue weighted by Crippen LogP contribution is 2.19. The fourth-order valence-electron chi connectivity index (χ4n) is 2.21. The molecule has 0 saturated carbocycles. The summed E-state index contributed by atoms with van der Waals surface area (Å²) in [7, 11) is 0. The second-order valence-corrected chi connectivity index (χ2v) is 6.06. The van der Waals surface area contributed by atoms with Gasteiger partial charge < -0.3 is 10.4 Å². The fourth-order valence-corrected chi connectivity index (χ4v) is 2.21. The molecule has 1 fully saturated rings. The first kappa shape index (κ1) is 15.4. The van der Waals surface area contributed by atoms with E-state index in [4.69, 9.17) is 5.11 Å². The van der Waals surface area contributed by atoms with Crippen LogP contribution in [-0.4, -0.2) is 47.2 Å². The summed E-state index contributed by atoms with van der Waals surface area (Å²) in [5, 5.41) is 12.2. The molecule has 0 aromatic rings. The lowest BCUT2D eigenvalue weighted by atomic mass is 9.96. The number of hydrogen-bond donors (Lipinski definition) is 2. The molecule has 1 rings (SSSR count). The molecule has 106 valence electrons. The molecule has 2 N–H and O–H groups in total. The number of carbonyl (C=O) groups is 1. The molecule has 0 bridgehead atoms. The molecule has 1 saturated heterocycles. The summed E-state index contributed by atoms with van der Waals surface area (Å²) >= 11 is 0. The second-order valence-electron chi connectivity index (χ2n) is 6.06. The lowest BCUT2D eigenvalue weighted by molar-refractivity contribution is -0.128. The van der Waals surface area contributed by atoms with Crippen LogP contribution in [0.3, 0.4) is 0 Å². The predicted molar refractivity (Wildman–Crippen MR) is 73.4 cm³/mol. The molecule has 4 nitrogen and oxygen atoms in total. The van der Waals surface area contributed by atoms with Crippen molar-refractivity contribution in [2.75, 3.05) is 19.7 Å². The molecule has 1 amide bonds. The highest BCUT2D eigenvalue weighted by atomic mass is 16.3. The Bertz CT molecular complexity index is 271. The molecule has 0 spiro atoms. The van der Waals surface area contributed by atoms with Gasteiger partial charge in [-0.25, -0.2) is 0 Å². The Labute approximate surface area is 111 Å². The SMILES string of the molecule is CCC(C)(C)NC(=O)C(C)N1CCC(CO)CC1. The molecule has 0 aliphatic carbocycles. The topological polar surface area (TPSA) is 52.6 Å². The van der Waals surface area contributed by atoms with Crippen LogP contribution >= 0.6 is 0 Å². The van der Waals surface area contributed by atoms with E-state index in [1.54, 1.807) is 0 Å². The Morgan fingerprint density at radius 3 is 2.44 bits per heavy atom. The van der Waals surface area contributed by atoms with E-state index in [-0.39, 0.29) is 24.1 Å². The predicted octanol–water partition coefficient (Wildman–Crippen LogP) is 1.38. The first-order valence-electron chi connectivity index (χ1n) is 7.06. The standard InChI is InChI=1S/C14H28N2O2/c1-5-14(3,4)15-13(18)11(2)16-8-6-12(10-17)7-9-16/h11-12,17H,5-10H2,1-4H3,(H,15,18). The number of nitrogens with one attached hydrogen (secondary N) is 1. The van der Waals surface area contributed by atoms with Crippen LogP contribution in [0.1, 0.15) is 47.0 Å². The minimum Gasteiger partial charge on any atom is -0.396 e. The third-order valence-corrected chi connectivity index (χ3v) is 4.18. The number of carbonyl (C=O) groups excluding carboxylic acids is 1. The van der Waals surface area contributed by atoms with Gasteiger partial charge in [0, 0.05) is 12.1 Å². The molecule has 1 heterocycles. The molecule has 1 unspecified atom stereocenters. The van der Waals surface area contributed by atoms with Gasteiger partial charge in [-0.15, -0.1) is 0 Å². The van der Waals surface area contributed by atoms with Gasteiger partial charge in [0.15, 0.2) is 0 Å². The number of amides is 1. The summed E-state index contributed by atoms with van der Waals surface area (Å²) in [4.78, 5) is 14.4. The molecule has 1 aliphatic rings. The van der Waals surface area contributed by atoms with Crippen LogP contribution in [0.15, 0.2) is 0 Å². The van der Waals surface area contributed by atoms with E-state index in [1.165, 1.54) is 0 Å². The van der Waals surface area contributed by atoms with Gasteiger partial charge in [0.1, 0.15) is 0 Å². The molecule has 1 aliphatic heterocycles. The van der Waals surface area contributed by atoms with E-state index < -0.39 is 0 Å². The van der Waals surface area contributed by atoms with Gasteiger partial charge in [-0.05, 0) is 59.0 Å². The highest BCUT2D eigenvalue weighted by Gasteiger charge is 2.28. The van der Waals surface area contributed by atoms with Gasteiger partial charge in [-0.3, -0.25) is 9.69 Å². The molecular weight excluding hydrogens is 228 g/mol. The quantitative estimate of drug-likeness (QED) is 0.781. The van der Waals surface area contributed by atoms with E-state index in [9.17, 15) is 4.79 Å². The van der Waals surface area contributed by atoms with E-state index in [1.807, 2.05) is 6.92 Å². The summed E-state index contributed by atoms with van der Waals surface area (Å²) < 4.78 is 0. The van der Waals surface area contributed by atoms with Gasteiger partial charge in [0.2, 0.25) is 5.91 Å². The van der Waals surface area contributed by atoms with Crippen molar-refractivity contribution >= 4 is 5.91 Å². The molecule has 18 heavy (non-hydrogen) atoms. The van der Waals surface area contributed by atoms with Crippen LogP contribution in [0.2, 0.25) is 0 Å². The number of likely N-dealkylation sites (tertiary alicyclic amines) is 1. The first-order valence-corrected chi connectivity index (χ1v) is 7.06. The Kier molecular flexibility index (Phi) is 5.60. The third kappa shape index (κ3) is 4.25. The van der Waals surface area contributed by atoms with Crippen molar-refractivity contribution in [3.05, 3.63) is 0 Å². The number of rotatable bonds is 5. The minimum absolute atomic E-state index is 0.0736.